The Hall–Kier alpha value is -1.82. The van der Waals surface area contributed by atoms with Crippen molar-refractivity contribution in [2.24, 2.45) is 0 Å². The van der Waals surface area contributed by atoms with Crippen molar-refractivity contribution in [1.29, 1.82) is 0 Å². The molecule has 0 atom stereocenters. The van der Waals surface area contributed by atoms with E-state index < -0.39 is 24.6 Å². The van der Waals surface area contributed by atoms with E-state index in [2.05, 4.69) is 0 Å². The van der Waals surface area contributed by atoms with Crippen molar-refractivity contribution in [3.63, 3.8) is 0 Å². The van der Waals surface area contributed by atoms with Gasteiger partial charge in [-0.2, -0.15) is 13.2 Å². The SMILES string of the molecule is Cc1cc(C)cc(/C=C/C(=O)N2CCC(O)(C(F)(F)F)CC2)c1. The summed E-state index contributed by atoms with van der Waals surface area (Å²) in [6, 6.07) is 5.87. The van der Waals surface area contributed by atoms with Crippen molar-refractivity contribution in [1.82, 2.24) is 4.90 Å². The van der Waals surface area contributed by atoms with Crippen LogP contribution in [0, 0.1) is 13.8 Å². The molecule has 1 aromatic carbocycles. The molecule has 23 heavy (non-hydrogen) atoms. The summed E-state index contributed by atoms with van der Waals surface area (Å²) in [6.07, 6.45) is -2.60. The minimum atomic E-state index is -4.66. The predicted octanol–water partition coefficient (Wildman–Crippen LogP) is 3.23. The van der Waals surface area contributed by atoms with Crippen LogP contribution < -0.4 is 0 Å². The van der Waals surface area contributed by atoms with Gasteiger partial charge in [0, 0.05) is 32.0 Å². The predicted molar refractivity (Wildman–Crippen MR) is 81.8 cm³/mol. The molecule has 1 saturated heterocycles. The third-order valence-corrected chi connectivity index (χ3v) is 4.09. The molecular weight excluding hydrogens is 307 g/mol. The second kappa shape index (κ2) is 6.35. The van der Waals surface area contributed by atoms with Gasteiger partial charge in [0.2, 0.25) is 5.91 Å². The number of alkyl halides is 3. The molecule has 1 N–H and O–H groups in total. The average molecular weight is 327 g/mol. The van der Waals surface area contributed by atoms with E-state index in [0.29, 0.717) is 0 Å². The first-order valence-corrected chi connectivity index (χ1v) is 7.45. The monoisotopic (exact) mass is 327 g/mol. The Balaban J connectivity index is 1.99. The van der Waals surface area contributed by atoms with Gasteiger partial charge in [0.25, 0.3) is 0 Å². The van der Waals surface area contributed by atoms with Gasteiger partial charge in [-0.25, -0.2) is 0 Å². The molecule has 1 aliphatic heterocycles. The summed E-state index contributed by atoms with van der Waals surface area (Å²) >= 11 is 0. The van der Waals surface area contributed by atoms with E-state index >= 15 is 0 Å². The Morgan fingerprint density at radius 1 is 1.17 bits per heavy atom. The van der Waals surface area contributed by atoms with E-state index in [1.54, 1.807) is 6.08 Å². The molecule has 1 aromatic rings. The lowest BCUT2D eigenvalue weighted by molar-refractivity contribution is -0.271. The molecule has 0 bridgehead atoms. The fourth-order valence-corrected chi connectivity index (χ4v) is 2.76. The van der Waals surface area contributed by atoms with Crippen LogP contribution in [0.5, 0.6) is 0 Å². The van der Waals surface area contributed by atoms with Crippen LogP contribution in [0.4, 0.5) is 13.2 Å². The van der Waals surface area contributed by atoms with Gasteiger partial charge in [-0.1, -0.05) is 29.3 Å². The number of carbonyl (C=O) groups excluding carboxylic acids is 1. The Bertz CT molecular complexity index is 595. The quantitative estimate of drug-likeness (QED) is 0.847. The molecule has 1 aliphatic rings. The van der Waals surface area contributed by atoms with Crippen molar-refractivity contribution in [3.05, 3.63) is 41.0 Å². The molecule has 1 fully saturated rings. The molecule has 3 nitrogen and oxygen atoms in total. The minimum Gasteiger partial charge on any atom is -0.380 e. The molecule has 0 saturated carbocycles. The summed E-state index contributed by atoms with van der Waals surface area (Å²) in [6.45, 7) is 3.70. The van der Waals surface area contributed by atoms with Crippen molar-refractivity contribution in [2.45, 2.75) is 38.5 Å². The summed E-state index contributed by atoms with van der Waals surface area (Å²) in [7, 11) is 0. The Morgan fingerprint density at radius 3 is 2.17 bits per heavy atom. The molecule has 0 radical (unpaired) electrons. The third-order valence-electron chi connectivity index (χ3n) is 4.09. The van der Waals surface area contributed by atoms with Crippen LogP contribution in [0.2, 0.25) is 0 Å². The number of amides is 1. The first-order valence-electron chi connectivity index (χ1n) is 7.45. The van der Waals surface area contributed by atoms with Crippen molar-refractivity contribution in [2.75, 3.05) is 13.1 Å². The van der Waals surface area contributed by atoms with Crippen LogP contribution in [0.1, 0.15) is 29.5 Å². The number of aliphatic hydroxyl groups is 1. The highest BCUT2D eigenvalue weighted by Gasteiger charge is 2.54. The smallest absolute Gasteiger partial charge is 0.380 e. The zero-order chi connectivity index (χ0) is 17.3. The number of carbonyl (C=O) groups is 1. The maximum atomic E-state index is 12.7. The first-order chi connectivity index (χ1) is 10.6. The van der Waals surface area contributed by atoms with Crippen molar-refractivity contribution >= 4 is 12.0 Å². The lowest BCUT2D eigenvalue weighted by atomic mass is 9.91. The van der Waals surface area contributed by atoms with Crippen molar-refractivity contribution in [3.8, 4) is 0 Å². The number of hydrogen-bond acceptors (Lipinski definition) is 2. The van der Waals surface area contributed by atoms with Gasteiger partial charge in [0.15, 0.2) is 5.60 Å². The number of hydrogen-bond donors (Lipinski definition) is 1. The molecule has 0 aromatic heterocycles. The highest BCUT2D eigenvalue weighted by molar-refractivity contribution is 5.91. The summed E-state index contributed by atoms with van der Waals surface area (Å²) in [5.41, 5.74) is 0.344. The molecular formula is C17H20F3NO2. The Morgan fingerprint density at radius 2 is 1.70 bits per heavy atom. The highest BCUT2D eigenvalue weighted by atomic mass is 19.4. The Labute approximate surface area is 133 Å². The van der Waals surface area contributed by atoms with Crippen LogP contribution in [0.25, 0.3) is 6.08 Å². The van der Waals surface area contributed by atoms with Gasteiger partial charge in [-0.05, 0) is 25.5 Å². The molecule has 6 heteroatoms. The highest BCUT2D eigenvalue weighted by Crippen LogP contribution is 2.38. The van der Waals surface area contributed by atoms with Gasteiger partial charge in [0.1, 0.15) is 0 Å². The maximum absolute atomic E-state index is 12.7. The summed E-state index contributed by atoms with van der Waals surface area (Å²) in [5.74, 6) is -0.339. The van der Waals surface area contributed by atoms with Gasteiger partial charge in [0.05, 0.1) is 0 Å². The lowest BCUT2D eigenvalue weighted by Crippen LogP contribution is -2.54. The van der Waals surface area contributed by atoms with Crippen LogP contribution in [0.15, 0.2) is 24.3 Å². The van der Waals surface area contributed by atoms with E-state index in [0.717, 1.165) is 16.7 Å². The number of benzene rings is 1. The molecule has 1 heterocycles. The molecule has 0 unspecified atom stereocenters. The second-order valence-corrected chi connectivity index (χ2v) is 6.11. The van der Waals surface area contributed by atoms with Gasteiger partial charge < -0.3 is 10.0 Å². The topological polar surface area (TPSA) is 40.5 Å². The van der Waals surface area contributed by atoms with Crippen LogP contribution in [0.3, 0.4) is 0 Å². The Kier molecular flexibility index (Phi) is 4.84. The minimum absolute atomic E-state index is 0.105. The number of piperidine rings is 1. The first kappa shape index (κ1) is 17.5. The summed E-state index contributed by atoms with van der Waals surface area (Å²) in [5, 5.41) is 9.60. The normalized spacial score (nSPS) is 18.4. The van der Waals surface area contributed by atoms with Gasteiger partial charge in [-0.15, -0.1) is 0 Å². The maximum Gasteiger partial charge on any atom is 0.417 e. The fraction of sp³-hybridized carbons (Fsp3) is 0.471. The molecule has 2 rings (SSSR count). The average Bonchev–Trinajstić information content (AvgIpc) is 2.43. The van der Waals surface area contributed by atoms with Crippen LogP contribution in [-0.4, -0.2) is 40.8 Å². The largest absolute Gasteiger partial charge is 0.417 e. The van der Waals surface area contributed by atoms with E-state index in [1.165, 1.54) is 11.0 Å². The number of halogens is 3. The molecule has 126 valence electrons. The van der Waals surface area contributed by atoms with E-state index in [9.17, 15) is 23.1 Å². The van der Waals surface area contributed by atoms with E-state index in [4.69, 9.17) is 0 Å². The zero-order valence-corrected chi connectivity index (χ0v) is 13.2. The molecule has 0 spiro atoms. The van der Waals surface area contributed by atoms with E-state index in [1.807, 2.05) is 32.0 Å². The van der Waals surface area contributed by atoms with Crippen LogP contribution in [-0.2, 0) is 4.79 Å². The molecule has 1 amide bonds. The molecule has 0 aliphatic carbocycles. The number of nitrogens with zero attached hydrogens (tertiary/aromatic N) is 1. The standard InChI is InChI=1S/C17H20F3NO2/c1-12-9-13(2)11-14(10-12)3-4-15(22)21-7-5-16(23,6-8-21)17(18,19)20/h3-4,9-11,23H,5-8H2,1-2H3/b4-3+. The lowest BCUT2D eigenvalue weighted by Gasteiger charge is -2.38. The fourth-order valence-electron chi connectivity index (χ4n) is 2.76. The van der Waals surface area contributed by atoms with Crippen LogP contribution >= 0.6 is 0 Å². The summed E-state index contributed by atoms with van der Waals surface area (Å²) in [4.78, 5) is 13.4. The number of rotatable bonds is 2. The zero-order valence-electron chi connectivity index (χ0n) is 13.2. The summed E-state index contributed by atoms with van der Waals surface area (Å²) < 4.78 is 38.2. The third kappa shape index (κ3) is 4.13. The van der Waals surface area contributed by atoms with Gasteiger partial charge >= 0.3 is 6.18 Å². The number of likely N-dealkylation sites (tertiary alicyclic amines) is 1. The van der Waals surface area contributed by atoms with E-state index in [-0.39, 0.29) is 19.0 Å². The second-order valence-electron chi connectivity index (χ2n) is 6.11. The van der Waals surface area contributed by atoms with Crippen molar-refractivity contribution < 1.29 is 23.1 Å². The number of aryl methyl sites for hydroxylation is 2. The van der Waals surface area contributed by atoms with Gasteiger partial charge in [-0.3, -0.25) is 4.79 Å².